The molecular weight excluding hydrogens is 354 g/mol. The summed E-state index contributed by atoms with van der Waals surface area (Å²) in [4.78, 5) is 16.3. The van der Waals surface area contributed by atoms with Crippen LogP contribution in [-0.2, 0) is 9.53 Å². The van der Waals surface area contributed by atoms with Gasteiger partial charge in [0.25, 0.3) is 0 Å². The van der Waals surface area contributed by atoms with Gasteiger partial charge in [-0.15, -0.1) is 0 Å². The van der Waals surface area contributed by atoms with Gasteiger partial charge in [-0.1, -0.05) is 41.9 Å². The monoisotopic (exact) mass is 373 g/mol. The zero-order valence-corrected chi connectivity index (χ0v) is 15.8. The zero-order valence-electron chi connectivity index (χ0n) is 15.0. The number of carboxylic acid groups (broad SMARTS) is 1. The Kier molecular flexibility index (Phi) is 4.73. The second-order valence-corrected chi connectivity index (χ2v) is 7.37. The summed E-state index contributed by atoms with van der Waals surface area (Å²) in [6.07, 6.45) is -1.23. The van der Waals surface area contributed by atoms with Crippen LogP contribution in [0.3, 0.4) is 0 Å². The van der Waals surface area contributed by atoms with E-state index in [4.69, 9.17) is 16.3 Å². The molecule has 2 heterocycles. The third-order valence-electron chi connectivity index (χ3n) is 3.80. The first-order valence-electron chi connectivity index (χ1n) is 8.19. The topological polar surface area (TPSA) is 76.7 Å². The standard InChI is InChI=1S/C19H20ClN3O3/c1-11-15(16(18(24)25)26-19(2,3)4)17(20)23-14(21-11)10-13(22-23)12-8-6-5-7-9-12/h5-10,16H,1-4H3,(H,24,25). The SMILES string of the molecule is Cc1nc2cc(-c3ccccc3)nn2c(Cl)c1C(OC(C)(C)C)C(=O)O. The number of aromatic nitrogens is 3. The van der Waals surface area contributed by atoms with E-state index in [1.165, 1.54) is 4.52 Å². The molecule has 0 spiro atoms. The minimum atomic E-state index is -1.23. The van der Waals surface area contributed by atoms with Crippen molar-refractivity contribution in [1.29, 1.82) is 0 Å². The molecule has 0 aliphatic carbocycles. The average Bonchev–Trinajstić information content (AvgIpc) is 2.97. The molecule has 6 nitrogen and oxygen atoms in total. The number of fused-ring (bicyclic) bond motifs is 1. The maximum Gasteiger partial charge on any atom is 0.337 e. The Morgan fingerprint density at radius 1 is 1.27 bits per heavy atom. The molecule has 26 heavy (non-hydrogen) atoms. The Hall–Kier alpha value is -2.44. The summed E-state index contributed by atoms with van der Waals surface area (Å²) in [5.41, 5.74) is 2.33. The maximum atomic E-state index is 11.8. The van der Waals surface area contributed by atoms with Gasteiger partial charge in [-0.3, -0.25) is 0 Å². The molecule has 3 aromatic rings. The Balaban J connectivity index is 2.16. The highest BCUT2D eigenvalue weighted by Crippen LogP contribution is 2.33. The van der Waals surface area contributed by atoms with Gasteiger partial charge in [-0.05, 0) is 27.7 Å². The number of hydrogen-bond donors (Lipinski definition) is 1. The van der Waals surface area contributed by atoms with E-state index in [0.717, 1.165) is 5.56 Å². The third kappa shape index (κ3) is 3.57. The molecule has 0 bridgehead atoms. The summed E-state index contributed by atoms with van der Waals surface area (Å²) in [5, 5.41) is 14.3. The van der Waals surface area contributed by atoms with E-state index in [-0.39, 0.29) is 5.15 Å². The number of carboxylic acids is 1. The number of carbonyl (C=O) groups is 1. The van der Waals surface area contributed by atoms with Crippen molar-refractivity contribution < 1.29 is 14.6 Å². The van der Waals surface area contributed by atoms with Gasteiger partial charge in [-0.25, -0.2) is 14.3 Å². The highest BCUT2D eigenvalue weighted by molar-refractivity contribution is 6.30. The summed E-state index contributed by atoms with van der Waals surface area (Å²) in [7, 11) is 0. The van der Waals surface area contributed by atoms with E-state index in [0.29, 0.717) is 22.6 Å². The van der Waals surface area contributed by atoms with Crippen LogP contribution in [0.25, 0.3) is 16.9 Å². The lowest BCUT2D eigenvalue weighted by atomic mass is 10.1. The molecule has 7 heteroatoms. The lowest BCUT2D eigenvalue weighted by molar-refractivity contribution is -0.160. The fraction of sp³-hybridized carbons (Fsp3) is 0.316. The van der Waals surface area contributed by atoms with Crippen molar-refractivity contribution in [2.75, 3.05) is 0 Å². The van der Waals surface area contributed by atoms with Crippen LogP contribution in [0.5, 0.6) is 0 Å². The number of benzene rings is 1. The van der Waals surface area contributed by atoms with Crippen LogP contribution >= 0.6 is 11.6 Å². The molecule has 0 aliphatic heterocycles. The van der Waals surface area contributed by atoms with Crippen molar-refractivity contribution in [2.45, 2.75) is 39.4 Å². The molecular formula is C19H20ClN3O3. The molecule has 0 aliphatic rings. The maximum absolute atomic E-state index is 11.8. The number of ether oxygens (including phenoxy) is 1. The van der Waals surface area contributed by atoms with Gasteiger partial charge in [0.1, 0.15) is 5.15 Å². The predicted molar refractivity (Wildman–Crippen MR) is 99.4 cm³/mol. The molecule has 2 aromatic heterocycles. The molecule has 136 valence electrons. The van der Waals surface area contributed by atoms with Crippen LogP contribution < -0.4 is 0 Å². The van der Waals surface area contributed by atoms with E-state index in [1.807, 2.05) is 36.4 Å². The minimum Gasteiger partial charge on any atom is -0.479 e. The lowest BCUT2D eigenvalue weighted by Crippen LogP contribution is -2.28. The quantitative estimate of drug-likeness (QED) is 0.690. The second-order valence-electron chi connectivity index (χ2n) is 7.02. The second kappa shape index (κ2) is 6.70. The average molecular weight is 374 g/mol. The smallest absolute Gasteiger partial charge is 0.337 e. The molecule has 3 rings (SSSR count). The molecule has 1 atom stereocenters. The zero-order chi connectivity index (χ0) is 19.1. The van der Waals surface area contributed by atoms with Gasteiger partial charge in [0.2, 0.25) is 0 Å². The van der Waals surface area contributed by atoms with Crippen LogP contribution in [0, 0.1) is 6.92 Å². The third-order valence-corrected chi connectivity index (χ3v) is 4.16. The van der Waals surface area contributed by atoms with Crippen molar-refractivity contribution in [3.8, 4) is 11.3 Å². The summed E-state index contributed by atoms with van der Waals surface area (Å²) >= 11 is 6.53. The number of aliphatic carboxylic acids is 1. The van der Waals surface area contributed by atoms with Gasteiger partial charge >= 0.3 is 5.97 Å². The first-order chi connectivity index (χ1) is 12.2. The van der Waals surface area contributed by atoms with Crippen molar-refractivity contribution in [3.05, 3.63) is 52.8 Å². The Labute approximate surface area is 156 Å². The highest BCUT2D eigenvalue weighted by Gasteiger charge is 2.32. The van der Waals surface area contributed by atoms with E-state index >= 15 is 0 Å². The first kappa shape index (κ1) is 18.4. The predicted octanol–water partition coefficient (Wildman–Crippen LogP) is 4.30. The van der Waals surface area contributed by atoms with E-state index in [2.05, 4.69) is 10.1 Å². The summed E-state index contributed by atoms with van der Waals surface area (Å²) in [6, 6.07) is 11.5. The molecule has 0 amide bonds. The molecule has 0 radical (unpaired) electrons. The molecule has 0 saturated carbocycles. The molecule has 1 N–H and O–H groups in total. The Morgan fingerprint density at radius 2 is 1.92 bits per heavy atom. The number of rotatable bonds is 4. The summed E-state index contributed by atoms with van der Waals surface area (Å²) in [5.74, 6) is -1.12. The van der Waals surface area contributed by atoms with Crippen LogP contribution in [0.1, 0.15) is 38.1 Å². The fourth-order valence-electron chi connectivity index (χ4n) is 2.73. The van der Waals surface area contributed by atoms with Crippen LogP contribution in [0.4, 0.5) is 0 Å². The number of aryl methyl sites for hydroxylation is 1. The molecule has 1 unspecified atom stereocenters. The first-order valence-corrected chi connectivity index (χ1v) is 8.57. The number of halogens is 1. The Morgan fingerprint density at radius 3 is 2.50 bits per heavy atom. The molecule has 0 fully saturated rings. The van der Waals surface area contributed by atoms with E-state index in [9.17, 15) is 9.90 Å². The van der Waals surface area contributed by atoms with Gasteiger partial charge in [0, 0.05) is 17.3 Å². The number of nitrogens with zero attached hydrogens (tertiary/aromatic N) is 3. The van der Waals surface area contributed by atoms with Gasteiger partial charge in [-0.2, -0.15) is 5.10 Å². The molecule has 1 aromatic carbocycles. The van der Waals surface area contributed by atoms with Crippen LogP contribution in [0.2, 0.25) is 5.15 Å². The minimum absolute atomic E-state index is 0.186. The van der Waals surface area contributed by atoms with Crippen LogP contribution in [-0.4, -0.2) is 31.3 Å². The van der Waals surface area contributed by atoms with Crippen molar-refractivity contribution in [3.63, 3.8) is 0 Å². The highest BCUT2D eigenvalue weighted by atomic mass is 35.5. The number of hydrogen-bond acceptors (Lipinski definition) is 4. The van der Waals surface area contributed by atoms with Crippen LogP contribution in [0.15, 0.2) is 36.4 Å². The summed E-state index contributed by atoms with van der Waals surface area (Å²) < 4.78 is 7.17. The van der Waals surface area contributed by atoms with Crippen molar-refractivity contribution in [1.82, 2.24) is 14.6 Å². The van der Waals surface area contributed by atoms with E-state index in [1.54, 1.807) is 27.7 Å². The van der Waals surface area contributed by atoms with Crippen molar-refractivity contribution in [2.24, 2.45) is 0 Å². The normalized spacial score (nSPS) is 13.1. The lowest BCUT2D eigenvalue weighted by Gasteiger charge is -2.26. The molecule has 0 saturated heterocycles. The largest absolute Gasteiger partial charge is 0.479 e. The van der Waals surface area contributed by atoms with Crippen molar-refractivity contribution >= 4 is 23.2 Å². The Bertz CT molecular complexity index is 962. The summed E-state index contributed by atoms with van der Waals surface area (Å²) in [6.45, 7) is 7.09. The fourth-order valence-corrected chi connectivity index (χ4v) is 3.09. The van der Waals surface area contributed by atoms with Gasteiger partial charge in [0.15, 0.2) is 11.8 Å². The van der Waals surface area contributed by atoms with Gasteiger partial charge in [0.05, 0.1) is 16.9 Å². The van der Waals surface area contributed by atoms with E-state index < -0.39 is 17.7 Å². The van der Waals surface area contributed by atoms with Gasteiger partial charge < -0.3 is 9.84 Å².